The summed E-state index contributed by atoms with van der Waals surface area (Å²) in [5.41, 5.74) is 0.739. The summed E-state index contributed by atoms with van der Waals surface area (Å²) in [6, 6.07) is 9.15. The fourth-order valence-electron chi connectivity index (χ4n) is 1.51. The third-order valence-electron chi connectivity index (χ3n) is 2.31. The van der Waals surface area contributed by atoms with E-state index in [4.69, 9.17) is 9.15 Å². The average molecular weight is 247 g/mol. The SMILES string of the molecule is CCOC(=O)Cc1oc(-c2ccccc2)nc1O. The molecule has 1 heterocycles. The monoisotopic (exact) mass is 247 g/mol. The molecular weight excluding hydrogens is 234 g/mol. The van der Waals surface area contributed by atoms with Crippen LogP contribution < -0.4 is 0 Å². The molecule has 94 valence electrons. The molecule has 0 amide bonds. The molecule has 0 fully saturated rings. The smallest absolute Gasteiger partial charge is 0.313 e. The predicted octanol–water partition coefficient (Wildman–Crippen LogP) is 2.15. The second-order valence-electron chi connectivity index (χ2n) is 3.61. The van der Waals surface area contributed by atoms with Gasteiger partial charge in [-0.2, -0.15) is 4.98 Å². The summed E-state index contributed by atoms with van der Waals surface area (Å²) in [5, 5.41) is 9.60. The van der Waals surface area contributed by atoms with Crippen LogP contribution in [0, 0.1) is 0 Å². The number of carbonyl (C=O) groups is 1. The van der Waals surface area contributed by atoms with Crippen molar-refractivity contribution in [2.45, 2.75) is 13.3 Å². The van der Waals surface area contributed by atoms with Crippen molar-refractivity contribution in [3.63, 3.8) is 0 Å². The maximum absolute atomic E-state index is 11.3. The normalized spacial score (nSPS) is 10.3. The average Bonchev–Trinajstić information content (AvgIpc) is 2.72. The fourth-order valence-corrected chi connectivity index (χ4v) is 1.51. The number of carbonyl (C=O) groups excluding carboxylic acids is 1. The highest BCUT2D eigenvalue weighted by Gasteiger charge is 2.17. The molecule has 0 saturated heterocycles. The van der Waals surface area contributed by atoms with E-state index in [9.17, 15) is 9.90 Å². The molecule has 5 nitrogen and oxygen atoms in total. The Kier molecular flexibility index (Phi) is 3.62. The number of aromatic nitrogens is 1. The highest BCUT2D eigenvalue weighted by atomic mass is 16.5. The summed E-state index contributed by atoms with van der Waals surface area (Å²) in [7, 11) is 0. The molecule has 0 atom stereocenters. The Morgan fingerprint density at radius 2 is 2.11 bits per heavy atom. The summed E-state index contributed by atoms with van der Waals surface area (Å²) in [6.45, 7) is 2.01. The molecule has 1 aromatic carbocycles. The van der Waals surface area contributed by atoms with Crippen molar-refractivity contribution < 1.29 is 19.1 Å². The van der Waals surface area contributed by atoms with Gasteiger partial charge >= 0.3 is 5.97 Å². The van der Waals surface area contributed by atoms with E-state index in [1.165, 1.54) is 0 Å². The molecule has 0 aliphatic rings. The molecule has 1 N–H and O–H groups in total. The first-order valence-corrected chi connectivity index (χ1v) is 5.60. The van der Waals surface area contributed by atoms with Crippen LogP contribution in [0.2, 0.25) is 0 Å². The van der Waals surface area contributed by atoms with Crippen molar-refractivity contribution in [3.8, 4) is 17.3 Å². The molecule has 2 rings (SSSR count). The largest absolute Gasteiger partial charge is 0.491 e. The molecule has 18 heavy (non-hydrogen) atoms. The lowest BCUT2D eigenvalue weighted by molar-refractivity contribution is -0.142. The minimum Gasteiger partial charge on any atom is -0.491 e. The van der Waals surface area contributed by atoms with Crippen LogP contribution in [0.15, 0.2) is 34.7 Å². The molecule has 0 saturated carbocycles. The van der Waals surface area contributed by atoms with Crippen LogP contribution in [-0.4, -0.2) is 22.7 Å². The number of hydrogen-bond donors (Lipinski definition) is 1. The number of aromatic hydroxyl groups is 1. The van der Waals surface area contributed by atoms with E-state index in [1.807, 2.05) is 18.2 Å². The summed E-state index contributed by atoms with van der Waals surface area (Å²) < 4.78 is 10.1. The van der Waals surface area contributed by atoms with E-state index in [-0.39, 0.29) is 24.0 Å². The molecule has 0 radical (unpaired) electrons. The Morgan fingerprint density at radius 1 is 1.39 bits per heavy atom. The standard InChI is InChI=1S/C13H13NO4/c1-2-17-11(15)8-10-12(16)14-13(18-10)9-6-4-3-5-7-9/h3-7,16H,2,8H2,1H3. The quantitative estimate of drug-likeness (QED) is 0.838. The second-order valence-corrected chi connectivity index (χ2v) is 3.61. The van der Waals surface area contributed by atoms with Gasteiger partial charge in [-0.25, -0.2) is 0 Å². The van der Waals surface area contributed by atoms with Crippen LogP contribution in [0.1, 0.15) is 12.7 Å². The van der Waals surface area contributed by atoms with Gasteiger partial charge in [-0.15, -0.1) is 0 Å². The van der Waals surface area contributed by atoms with Crippen LogP contribution in [0.4, 0.5) is 0 Å². The van der Waals surface area contributed by atoms with E-state index in [2.05, 4.69) is 4.98 Å². The van der Waals surface area contributed by atoms with Crippen LogP contribution in [-0.2, 0) is 16.0 Å². The molecule has 2 aromatic rings. The van der Waals surface area contributed by atoms with E-state index >= 15 is 0 Å². The predicted molar refractivity (Wildman–Crippen MR) is 63.9 cm³/mol. The lowest BCUT2D eigenvalue weighted by Crippen LogP contribution is -2.06. The zero-order chi connectivity index (χ0) is 13.0. The topological polar surface area (TPSA) is 72.6 Å². The van der Waals surface area contributed by atoms with Crippen LogP contribution in [0.3, 0.4) is 0 Å². The molecule has 0 aliphatic heterocycles. The number of hydrogen-bond acceptors (Lipinski definition) is 5. The number of oxazole rings is 1. The first-order chi connectivity index (χ1) is 8.70. The fraction of sp³-hybridized carbons (Fsp3) is 0.231. The van der Waals surface area contributed by atoms with Crippen molar-refractivity contribution in [2.75, 3.05) is 6.61 Å². The maximum Gasteiger partial charge on any atom is 0.313 e. The summed E-state index contributed by atoms with van der Waals surface area (Å²) in [4.78, 5) is 15.2. The molecular formula is C13H13NO4. The Hall–Kier alpha value is -2.30. The van der Waals surface area contributed by atoms with Crippen molar-refractivity contribution in [3.05, 3.63) is 36.1 Å². The van der Waals surface area contributed by atoms with Gasteiger partial charge in [-0.1, -0.05) is 18.2 Å². The van der Waals surface area contributed by atoms with Gasteiger partial charge in [0.2, 0.25) is 5.89 Å². The second kappa shape index (κ2) is 5.35. The van der Waals surface area contributed by atoms with E-state index < -0.39 is 5.97 Å². The third kappa shape index (κ3) is 2.68. The summed E-state index contributed by atoms with van der Waals surface area (Å²) in [6.07, 6.45) is -0.125. The molecule has 1 aromatic heterocycles. The first kappa shape index (κ1) is 12.2. The van der Waals surface area contributed by atoms with Gasteiger partial charge in [0.15, 0.2) is 5.76 Å². The number of rotatable bonds is 4. The van der Waals surface area contributed by atoms with E-state index in [0.717, 1.165) is 5.56 Å². The number of esters is 1. The van der Waals surface area contributed by atoms with Gasteiger partial charge in [0, 0.05) is 5.56 Å². The molecule has 0 unspecified atom stereocenters. The van der Waals surface area contributed by atoms with Crippen molar-refractivity contribution in [1.82, 2.24) is 4.98 Å². The highest BCUT2D eigenvalue weighted by Crippen LogP contribution is 2.26. The van der Waals surface area contributed by atoms with E-state index in [1.54, 1.807) is 19.1 Å². The van der Waals surface area contributed by atoms with Gasteiger partial charge in [-0.3, -0.25) is 4.79 Å². The Labute approximate surface area is 104 Å². The van der Waals surface area contributed by atoms with Gasteiger partial charge in [-0.05, 0) is 19.1 Å². The van der Waals surface area contributed by atoms with Crippen molar-refractivity contribution in [1.29, 1.82) is 0 Å². The van der Waals surface area contributed by atoms with E-state index in [0.29, 0.717) is 6.61 Å². The minimum atomic E-state index is -0.455. The Morgan fingerprint density at radius 3 is 2.78 bits per heavy atom. The maximum atomic E-state index is 11.3. The number of benzene rings is 1. The van der Waals surface area contributed by atoms with Crippen LogP contribution >= 0.6 is 0 Å². The number of ether oxygens (including phenoxy) is 1. The zero-order valence-corrected chi connectivity index (χ0v) is 9.92. The van der Waals surface area contributed by atoms with Crippen LogP contribution in [0.5, 0.6) is 5.88 Å². The molecule has 5 heteroatoms. The molecule has 0 aliphatic carbocycles. The van der Waals surface area contributed by atoms with Gasteiger partial charge in [0.25, 0.3) is 5.88 Å². The Bertz CT molecular complexity index is 533. The van der Waals surface area contributed by atoms with Gasteiger partial charge < -0.3 is 14.3 Å². The van der Waals surface area contributed by atoms with Crippen LogP contribution in [0.25, 0.3) is 11.5 Å². The third-order valence-corrected chi connectivity index (χ3v) is 2.31. The Balaban J connectivity index is 2.20. The lowest BCUT2D eigenvalue weighted by Gasteiger charge is -1.98. The summed E-state index contributed by atoms with van der Waals surface area (Å²) >= 11 is 0. The lowest BCUT2D eigenvalue weighted by atomic mass is 10.2. The first-order valence-electron chi connectivity index (χ1n) is 5.60. The van der Waals surface area contributed by atoms with Crippen molar-refractivity contribution >= 4 is 5.97 Å². The minimum absolute atomic E-state index is 0.118. The summed E-state index contributed by atoms with van der Waals surface area (Å²) in [5.74, 6) is -0.329. The highest BCUT2D eigenvalue weighted by molar-refractivity contribution is 5.72. The van der Waals surface area contributed by atoms with Crippen molar-refractivity contribution in [2.24, 2.45) is 0 Å². The number of nitrogens with zero attached hydrogens (tertiary/aromatic N) is 1. The zero-order valence-electron chi connectivity index (χ0n) is 9.92. The molecule has 0 bridgehead atoms. The van der Waals surface area contributed by atoms with Gasteiger partial charge in [0.05, 0.1) is 6.61 Å². The van der Waals surface area contributed by atoms with Gasteiger partial charge in [0.1, 0.15) is 6.42 Å². The molecule has 0 spiro atoms.